The van der Waals surface area contributed by atoms with Crippen LogP contribution in [0.4, 0.5) is 0 Å². The summed E-state index contributed by atoms with van der Waals surface area (Å²) in [6, 6.07) is 3.45. The van der Waals surface area contributed by atoms with Gasteiger partial charge in [0.05, 0.1) is 67.6 Å². The molecule has 0 amide bonds. The predicted octanol–water partition coefficient (Wildman–Crippen LogP) is 12.5. The minimum absolute atomic E-state index is 0.00816. The maximum atomic E-state index is 14.8. The smallest absolute Gasteiger partial charge is 0.192 e. The SMILES string of the molecule is C=C(Br)CC(O)CC[C@@]12CC3OC4[C@@H](OC5CCC(CC(=O)CC6[C@@H](OC)C(CC(CO[Si](C)(C)C(C)(C)C)O[Si](C)(C)C(C)(C)C)O[C@H]6CC6OC(CCCO[Si](CC)(CC)CC)CC(C)C6=C)O[C@@H]5[C@@H]4O1)C3O2. The topological polar surface area (TPSA) is 139 Å². The summed E-state index contributed by atoms with van der Waals surface area (Å²) < 4.78 is 76.5. The van der Waals surface area contributed by atoms with E-state index in [1.54, 1.807) is 7.11 Å². The van der Waals surface area contributed by atoms with Gasteiger partial charge in [-0.05, 0) is 109 Å². The van der Waals surface area contributed by atoms with Crippen LogP contribution >= 0.6 is 15.9 Å². The van der Waals surface area contributed by atoms with Gasteiger partial charge < -0.3 is 56.3 Å². The van der Waals surface area contributed by atoms with E-state index < -0.39 is 49.1 Å². The molecule has 0 aromatic heterocycles. The van der Waals surface area contributed by atoms with Gasteiger partial charge in [0.25, 0.3) is 0 Å². The minimum Gasteiger partial charge on any atom is -0.417 e. The van der Waals surface area contributed by atoms with Gasteiger partial charge in [-0.15, -0.1) is 0 Å². The Morgan fingerprint density at radius 3 is 2.12 bits per heavy atom. The summed E-state index contributed by atoms with van der Waals surface area (Å²) in [5.74, 6) is -0.724. The van der Waals surface area contributed by atoms with E-state index in [0.29, 0.717) is 57.5 Å². The molecule has 0 aliphatic carbocycles. The zero-order valence-corrected chi connectivity index (χ0v) is 53.8. The van der Waals surface area contributed by atoms with Crippen molar-refractivity contribution in [1.82, 2.24) is 0 Å². The summed E-state index contributed by atoms with van der Waals surface area (Å²) in [5, 5.41) is 10.8. The van der Waals surface area contributed by atoms with Crippen molar-refractivity contribution in [3.63, 3.8) is 0 Å². The third kappa shape index (κ3) is 14.5. The van der Waals surface area contributed by atoms with Crippen molar-refractivity contribution in [3.05, 3.63) is 23.2 Å². The van der Waals surface area contributed by atoms with Gasteiger partial charge in [-0.3, -0.25) is 4.79 Å². The average molecular weight is 1170 g/mol. The monoisotopic (exact) mass is 1170 g/mol. The van der Waals surface area contributed by atoms with Gasteiger partial charge in [0.2, 0.25) is 0 Å². The van der Waals surface area contributed by atoms with Gasteiger partial charge in [-0.1, -0.05) is 98.3 Å². The minimum atomic E-state index is -2.25. The predicted molar refractivity (Wildman–Crippen MR) is 306 cm³/mol. The highest BCUT2D eigenvalue weighted by molar-refractivity contribution is 9.11. The highest BCUT2D eigenvalue weighted by Gasteiger charge is 2.69. The third-order valence-electron chi connectivity index (χ3n) is 19.8. The van der Waals surface area contributed by atoms with Crippen LogP contribution in [0.1, 0.15) is 153 Å². The van der Waals surface area contributed by atoms with E-state index in [1.165, 1.54) is 0 Å². The molecular weight excluding hydrogens is 1070 g/mol. The van der Waals surface area contributed by atoms with Crippen LogP contribution in [0, 0.1) is 11.8 Å². The van der Waals surface area contributed by atoms with E-state index in [1.807, 2.05) is 0 Å². The molecule has 8 saturated heterocycles. The normalized spacial score (nSPS) is 36.9. The van der Waals surface area contributed by atoms with Crippen LogP contribution in [0.2, 0.25) is 54.4 Å². The molecule has 0 aromatic carbocycles. The highest BCUT2D eigenvalue weighted by atomic mass is 79.9. The largest absolute Gasteiger partial charge is 0.417 e. The molecule has 8 rings (SSSR count). The second kappa shape index (κ2) is 25.1. The van der Waals surface area contributed by atoms with Crippen molar-refractivity contribution in [1.29, 1.82) is 0 Å². The Morgan fingerprint density at radius 2 is 1.48 bits per heavy atom. The maximum Gasteiger partial charge on any atom is 0.192 e. The number of rotatable bonds is 27. The van der Waals surface area contributed by atoms with Crippen molar-refractivity contribution in [3.8, 4) is 0 Å². The molecule has 0 spiro atoms. The van der Waals surface area contributed by atoms with Crippen molar-refractivity contribution in [2.24, 2.45) is 11.8 Å². The lowest BCUT2D eigenvalue weighted by atomic mass is 9.81. The van der Waals surface area contributed by atoms with Gasteiger partial charge in [-0.25, -0.2) is 0 Å². The molecule has 0 aromatic rings. The summed E-state index contributed by atoms with van der Waals surface area (Å²) >= 11 is 3.40. The lowest BCUT2D eigenvalue weighted by molar-refractivity contribution is -0.292. The second-order valence-corrected chi connectivity index (χ2v) is 42.5. The van der Waals surface area contributed by atoms with Gasteiger partial charge in [0.1, 0.15) is 36.3 Å². The Balaban J connectivity index is 1.08. The standard InChI is InChI=1S/C58H103BrO13Si3/c1-18-75(19-2,20-3)63-27-21-22-41-28-36(4)38(6)46(65-41)33-47-44(50(62-13)48(67-47)32-43(72-74(16,17)57(10,11)12)35-64-73(14,15)56(7,8)9)31-40(61)30-42-23-24-45-51(66-42)55-54-53(68-45)52-49(69-54)34-58(70-52,71-55)26-25-39(60)29-37(5)59/h36,39,41-55,60H,5-6,18-35H2,1-4,7-17H3/t36?,39?,41?,42?,43?,44?,45?,46?,47-,48?,49?,50+,51-,52?,53-,54?,55-,58-/m0/s1. The van der Waals surface area contributed by atoms with E-state index >= 15 is 0 Å². The molecule has 75 heavy (non-hydrogen) atoms. The quantitative estimate of drug-likeness (QED) is 0.0475. The number of ketones is 1. The van der Waals surface area contributed by atoms with Gasteiger partial charge in [-0.2, -0.15) is 0 Å². The molecule has 17 heteroatoms. The summed E-state index contributed by atoms with van der Waals surface area (Å²) in [6.45, 7) is 41.8. The number of ether oxygens (including phenoxy) is 8. The van der Waals surface area contributed by atoms with Crippen LogP contribution in [-0.2, 0) is 56.0 Å². The first kappa shape index (κ1) is 62.4. The van der Waals surface area contributed by atoms with E-state index in [2.05, 4.69) is 125 Å². The van der Waals surface area contributed by atoms with E-state index in [0.717, 1.165) is 60.5 Å². The average Bonchev–Trinajstić information content (AvgIpc) is 3.89. The van der Waals surface area contributed by atoms with Crippen LogP contribution in [-0.4, -0.2) is 154 Å². The molecule has 8 aliphatic heterocycles. The van der Waals surface area contributed by atoms with Gasteiger partial charge in [0, 0.05) is 64.6 Å². The first-order chi connectivity index (χ1) is 35.1. The number of hydrogen-bond acceptors (Lipinski definition) is 13. The van der Waals surface area contributed by atoms with Gasteiger partial charge >= 0.3 is 0 Å². The molecule has 8 fully saturated rings. The zero-order valence-electron chi connectivity index (χ0n) is 49.2. The van der Waals surface area contributed by atoms with Gasteiger partial charge in [0.15, 0.2) is 30.7 Å². The Kier molecular flexibility index (Phi) is 20.9. The van der Waals surface area contributed by atoms with Crippen LogP contribution in [0.15, 0.2) is 23.2 Å². The highest BCUT2D eigenvalue weighted by Crippen LogP contribution is 2.54. The zero-order chi connectivity index (χ0) is 55.1. The Labute approximate surface area is 465 Å². The number of aliphatic hydroxyl groups is 1. The molecule has 0 radical (unpaired) electrons. The summed E-state index contributed by atoms with van der Waals surface area (Å²) in [5.41, 5.74) is 1.09. The molecule has 0 saturated carbocycles. The Bertz CT molecular complexity index is 1910. The number of carbonyl (C=O) groups excluding carboxylic acids is 1. The third-order valence-corrected chi connectivity index (χ3v) is 33.9. The molecular formula is C58H103BrO13Si3. The van der Waals surface area contributed by atoms with Crippen LogP contribution in [0.25, 0.3) is 0 Å². The molecule has 6 bridgehead atoms. The maximum absolute atomic E-state index is 14.8. The molecule has 13 nitrogen and oxygen atoms in total. The lowest BCUT2D eigenvalue weighted by Crippen LogP contribution is -2.61. The van der Waals surface area contributed by atoms with E-state index in [4.69, 9.17) is 51.2 Å². The molecule has 8 heterocycles. The molecule has 18 atom stereocenters. The Hall–Kier alpha value is -0.199. The fourth-order valence-corrected chi connectivity index (χ4v) is 18.3. The number of Topliss-reactive ketones (excluding diaryl/α,β-unsaturated/α-hetero) is 1. The van der Waals surface area contributed by atoms with Crippen molar-refractivity contribution >= 4 is 46.7 Å². The summed E-state index contributed by atoms with van der Waals surface area (Å²) in [7, 11) is -4.29. The number of methoxy groups -OCH3 is 1. The lowest BCUT2D eigenvalue weighted by Gasteiger charge is -2.47. The number of carbonyl (C=O) groups is 1. The molecule has 8 aliphatic rings. The van der Waals surface area contributed by atoms with Crippen molar-refractivity contribution in [2.45, 2.75) is 304 Å². The van der Waals surface area contributed by atoms with Crippen LogP contribution in [0.3, 0.4) is 0 Å². The van der Waals surface area contributed by atoms with E-state index in [-0.39, 0.29) is 108 Å². The molecule has 12 unspecified atom stereocenters. The molecule has 432 valence electrons. The molecule has 1 N–H and O–H groups in total. The fraction of sp³-hybridized carbons (Fsp3) is 0.914. The fourth-order valence-electron chi connectivity index (χ4n) is 12.9. The summed E-state index contributed by atoms with van der Waals surface area (Å²) in [4.78, 5) is 14.8. The first-order valence-electron chi connectivity index (χ1n) is 29.4. The van der Waals surface area contributed by atoms with Crippen LogP contribution < -0.4 is 0 Å². The second-order valence-electron chi connectivity index (χ2n) is 27.0. The number of halogens is 1. The Morgan fingerprint density at radius 1 is 0.827 bits per heavy atom. The van der Waals surface area contributed by atoms with Crippen molar-refractivity contribution < 1.29 is 61.1 Å². The van der Waals surface area contributed by atoms with Crippen LogP contribution in [0.5, 0.6) is 0 Å². The first-order valence-corrected chi connectivity index (χ1v) is 38.5. The number of fused-ring (bicyclic) bond motifs is 1. The number of aliphatic hydroxyl groups excluding tert-OH is 1. The van der Waals surface area contributed by atoms with E-state index in [9.17, 15) is 9.90 Å². The summed E-state index contributed by atoms with van der Waals surface area (Å²) in [6.07, 6.45) is 3.86. The number of hydrogen-bond donors (Lipinski definition) is 1. The van der Waals surface area contributed by atoms with Crippen molar-refractivity contribution in [2.75, 3.05) is 20.3 Å².